The Morgan fingerprint density at radius 1 is 0.578 bits per heavy atom. The molecule has 33 heteroatoms. The molecule has 27 nitrogen and oxygen atoms in total. The van der Waals surface area contributed by atoms with Crippen LogP contribution in [-0.4, -0.2) is 111 Å². The predicted octanol–water partition coefficient (Wildman–Crippen LogP) is 7.80. The number of aryl methyl sites for hydroxylation is 4. The van der Waals surface area contributed by atoms with E-state index >= 15 is 0 Å². The third-order valence-electron chi connectivity index (χ3n) is 12.7. The van der Waals surface area contributed by atoms with Crippen LogP contribution in [0.5, 0.6) is 0 Å². The zero-order valence-corrected chi connectivity index (χ0v) is 48.2. The largest absolute Gasteiger partial charge is 0.373 e. The number of halogens is 6. The van der Waals surface area contributed by atoms with Gasteiger partial charge in [-0.25, -0.2) is 34.9 Å². The monoisotopic (exact) mass is 1250 g/mol. The summed E-state index contributed by atoms with van der Waals surface area (Å²) < 4.78 is 44.9. The molecule has 4 atom stereocenters. The van der Waals surface area contributed by atoms with Crippen molar-refractivity contribution in [2.75, 3.05) is 13.2 Å². The van der Waals surface area contributed by atoms with Crippen LogP contribution in [0.25, 0.3) is 44.7 Å². The van der Waals surface area contributed by atoms with E-state index in [0.717, 1.165) is 22.6 Å². The molecule has 0 unspecified atom stereocenters. The summed E-state index contributed by atoms with van der Waals surface area (Å²) in [6.07, 6.45) is 7.29. The smallest absolute Gasteiger partial charge is 0.280 e. The van der Waals surface area contributed by atoms with Crippen LogP contribution >= 0.6 is 69.6 Å². The van der Waals surface area contributed by atoms with E-state index in [9.17, 15) is 14.4 Å². The van der Waals surface area contributed by atoms with Gasteiger partial charge in [-0.15, -0.1) is 11.6 Å². The zero-order valence-electron chi connectivity index (χ0n) is 45.7. The molecule has 2 saturated heterocycles. The highest BCUT2D eigenvalue weighted by Crippen LogP contribution is 2.38. The van der Waals surface area contributed by atoms with Gasteiger partial charge in [0.15, 0.2) is 55.9 Å². The lowest BCUT2D eigenvalue weighted by Gasteiger charge is -2.09. The summed E-state index contributed by atoms with van der Waals surface area (Å²) in [5.41, 5.74) is 4.46. The number of nitrogens with zero attached hydrogens (tertiary/aromatic N) is 18. The molecular weight excluding hydrogens is 1210 g/mol. The van der Waals surface area contributed by atoms with Gasteiger partial charge in [0.1, 0.15) is 27.0 Å². The maximum absolute atomic E-state index is 12.7. The predicted molar refractivity (Wildman–Crippen MR) is 305 cm³/mol. The van der Waals surface area contributed by atoms with Gasteiger partial charge < -0.3 is 41.8 Å². The van der Waals surface area contributed by atoms with E-state index in [1.54, 1.807) is 45.7 Å². The Labute approximate surface area is 499 Å². The molecule has 0 radical (unpaired) electrons. The van der Waals surface area contributed by atoms with Crippen molar-refractivity contribution in [1.82, 2.24) is 97.9 Å². The number of aromatic amines is 2. The molecule has 2 fully saturated rings. The quantitative estimate of drug-likeness (QED) is 0.0872. The summed E-state index contributed by atoms with van der Waals surface area (Å²) in [5.74, 6) is 2.25. The molecule has 2 N–H and O–H groups in total. The van der Waals surface area contributed by atoms with Gasteiger partial charge in [0, 0.05) is 50.1 Å². The first kappa shape index (κ1) is 55.5. The molecule has 12 aromatic rings. The van der Waals surface area contributed by atoms with Gasteiger partial charge >= 0.3 is 0 Å². The Kier molecular flexibility index (Phi) is 17.1. The van der Waals surface area contributed by atoms with Crippen molar-refractivity contribution >= 4 is 114 Å². The number of H-pyrrole nitrogens is 2. The van der Waals surface area contributed by atoms with E-state index < -0.39 is 0 Å². The fourth-order valence-corrected chi connectivity index (χ4v) is 9.69. The lowest BCUT2D eigenvalue weighted by molar-refractivity contribution is 0.110. The van der Waals surface area contributed by atoms with Crippen LogP contribution < -0.4 is 16.7 Å². The number of imidazole rings is 4. The van der Waals surface area contributed by atoms with E-state index in [-0.39, 0.29) is 87.9 Å². The molecule has 2 aliphatic heterocycles. The molecule has 0 amide bonds. The minimum atomic E-state index is -0.378. The fourth-order valence-electron chi connectivity index (χ4n) is 8.66. The molecule has 0 spiro atoms. The van der Waals surface area contributed by atoms with Gasteiger partial charge in [0.2, 0.25) is 22.3 Å². The standard InChI is InChI=1S/C19H17ClN6O3.C13H12Cl2N2O2.C6H4Cl2N4.C6H5ClN4O.C6H6N4O/c1-25-9-21-18-16(25)19(27)26(10-22-18)7-15-23-17(24-29-15)12-6-14(28-8-12)11-2-4-13(20)5-3-11;14-6-12-16-13(17-19-12)9-5-11(18-7-9)8-1-3-10(15)4-2-8;1-12-2-9-5-3(12)4(7)10-6(8)11-5;1-11-2-8-4-3(11)5(12)10-6(7)9-4;1-10-3-9-5-4(10)6(11)8-2-7-5/h2-5,9-10,12,14H,6-8H2,1H3;1-4,9,11H,5-7H2;2H,1H3;2H,1H3,(H,9,10,12);2-3H,1H3,(H,7,8,11)/t12-,14+;9-,11+;;;/m00.../s1/i10D;;;;2D. The highest BCUT2D eigenvalue weighted by atomic mass is 35.5. The summed E-state index contributed by atoms with van der Waals surface area (Å²) >= 11 is 34.4. The molecule has 83 heavy (non-hydrogen) atoms. The van der Waals surface area contributed by atoms with E-state index in [0.29, 0.717) is 86.4 Å². The number of benzene rings is 2. The summed E-state index contributed by atoms with van der Waals surface area (Å²) in [4.78, 5) is 83.6. The normalized spacial score (nSPS) is 16.8. The summed E-state index contributed by atoms with van der Waals surface area (Å²) in [5, 5.41) is 9.91. The van der Waals surface area contributed by atoms with Crippen molar-refractivity contribution in [3.05, 3.63) is 178 Å². The topological polar surface area (TPSA) is 320 Å². The highest BCUT2D eigenvalue weighted by Gasteiger charge is 2.32. The van der Waals surface area contributed by atoms with Crippen molar-refractivity contribution in [1.29, 1.82) is 0 Å². The van der Waals surface area contributed by atoms with Gasteiger partial charge in [0.25, 0.3) is 16.7 Å². The first-order valence-corrected chi connectivity index (χ1v) is 27.0. The van der Waals surface area contributed by atoms with Crippen LogP contribution in [0.3, 0.4) is 0 Å². The first-order chi connectivity index (χ1) is 40.8. The molecule has 12 heterocycles. The van der Waals surface area contributed by atoms with E-state index in [4.69, 9.17) is 90.9 Å². The van der Waals surface area contributed by atoms with Crippen LogP contribution in [0, 0.1) is 0 Å². The lowest BCUT2D eigenvalue weighted by Crippen LogP contribution is -2.22. The van der Waals surface area contributed by atoms with Gasteiger partial charge in [-0.1, -0.05) is 69.4 Å². The minimum absolute atomic E-state index is 0.0203. The number of ether oxygens (including phenoxy) is 2. The molecule has 2 aliphatic rings. The Hall–Kier alpha value is -8.02. The third kappa shape index (κ3) is 13.4. The van der Waals surface area contributed by atoms with Crippen molar-refractivity contribution in [2.24, 2.45) is 28.2 Å². The highest BCUT2D eigenvalue weighted by molar-refractivity contribution is 6.35. The Bertz CT molecular complexity index is 4430. The Balaban J connectivity index is 0.000000126. The van der Waals surface area contributed by atoms with E-state index in [1.807, 2.05) is 55.6 Å². The van der Waals surface area contributed by atoms with Crippen LogP contribution in [0.15, 0.2) is 110 Å². The molecular formula is C50H44Cl6N20O7. The van der Waals surface area contributed by atoms with E-state index in [1.165, 1.54) is 23.5 Å². The SMILES string of the molecule is ClCc1nc([C@@H]2CO[C@@H](c3ccc(Cl)cc3)C2)no1.Cn1cnc2nc(Cl)[nH]c(=O)c21.Cn1cnc2nc(Cl)nc(Cl)c21.[2H]c1nc2ncn(C)c2c(=O)[nH]1.[2H]c1nc2ncn(C)c2c(=O)n1Cc1nc([C@@H]2CO[C@@H](c3ccc(Cl)cc3)C2)no1. The van der Waals surface area contributed by atoms with Crippen LogP contribution in [0.2, 0.25) is 25.8 Å². The number of hydrogen-bond donors (Lipinski definition) is 2. The van der Waals surface area contributed by atoms with Gasteiger partial charge in [0.05, 0.1) is 57.0 Å². The second-order valence-corrected chi connectivity index (χ2v) is 20.6. The van der Waals surface area contributed by atoms with Gasteiger partial charge in [-0.3, -0.25) is 23.9 Å². The molecule has 0 aliphatic carbocycles. The number of alkyl halides is 1. The zero-order chi connectivity index (χ0) is 60.2. The second kappa shape index (κ2) is 25.6. The number of hydrogen-bond acceptors (Lipinski definition) is 20. The van der Waals surface area contributed by atoms with E-state index in [2.05, 4.69) is 75.1 Å². The summed E-state index contributed by atoms with van der Waals surface area (Å²) in [6.45, 7) is 1.03. The number of aromatic nitrogens is 20. The maximum atomic E-state index is 12.7. The molecule has 0 saturated carbocycles. The Morgan fingerprint density at radius 2 is 1.07 bits per heavy atom. The molecule has 0 bridgehead atoms. The first-order valence-electron chi connectivity index (χ1n) is 25.6. The fraction of sp³-hybridized carbons (Fsp3) is 0.280. The van der Waals surface area contributed by atoms with Crippen molar-refractivity contribution in [3.63, 3.8) is 0 Å². The molecule has 14 rings (SSSR count). The van der Waals surface area contributed by atoms with Crippen LogP contribution in [-0.2, 0) is 50.1 Å². The summed E-state index contributed by atoms with van der Waals surface area (Å²) in [7, 11) is 6.95. The lowest BCUT2D eigenvalue weighted by atomic mass is 10.0. The molecule has 10 aromatic heterocycles. The van der Waals surface area contributed by atoms with Crippen LogP contribution in [0.4, 0.5) is 0 Å². The van der Waals surface area contributed by atoms with Crippen molar-refractivity contribution in [2.45, 2.75) is 49.3 Å². The summed E-state index contributed by atoms with van der Waals surface area (Å²) in [6, 6.07) is 15.3. The average Bonchev–Trinajstić information content (AvgIpc) is 4.07. The molecule has 428 valence electrons. The average molecular weight is 1250 g/mol. The Morgan fingerprint density at radius 3 is 1.64 bits per heavy atom. The second-order valence-electron chi connectivity index (χ2n) is 18.4. The molecule has 2 aromatic carbocycles. The number of rotatable bonds is 7. The van der Waals surface area contributed by atoms with Gasteiger partial charge in [-0.2, -0.15) is 19.9 Å². The van der Waals surface area contributed by atoms with Crippen molar-refractivity contribution < 1.29 is 21.3 Å². The van der Waals surface area contributed by atoms with Crippen molar-refractivity contribution in [3.8, 4) is 0 Å². The van der Waals surface area contributed by atoms with Gasteiger partial charge in [-0.05, 0) is 71.4 Å². The number of nitrogens with one attached hydrogen (secondary N) is 2. The number of fused-ring (bicyclic) bond motifs is 4. The minimum Gasteiger partial charge on any atom is -0.373 e. The van der Waals surface area contributed by atoms with Crippen LogP contribution in [0.1, 0.15) is 74.2 Å². The maximum Gasteiger partial charge on any atom is 0.280 e. The third-order valence-corrected chi connectivity index (χ3v) is 14.1.